The van der Waals surface area contributed by atoms with Gasteiger partial charge in [0.05, 0.1) is 4.90 Å². The van der Waals surface area contributed by atoms with Crippen molar-refractivity contribution in [1.29, 1.82) is 0 Å². The minimum absolute atomic E-state index is 0.336. The number of nitrogen functional groups attached to an aromatic ring is 1. The van der Waals surface area contributed by atoms with E-state index in [9.17, 15) is 8.42 Å². The molecule has 112 valence electrons. The molecule has 4 nitrogen and oxygen atoms in total. The van der Waals surface area contributed by atoms with Gasteiger partial charge in [0, 0.05) is 29.5 Å². The molecule has 0 heterocycles. The summed E-state index contributed by atoms with van der Waals surface area (Å²) in [4.78, 5) is 0.336. The van der Waals surface area contributed by atoms with Crippen LogP contribution in [0.5, 0.6) is 0 Å². The largest absolute Gasteiger partial charge is 0.398 e. The van der Waals surface area contributed by atoms with Crippen molar-refractivity contribution in [3.8, 4) is 0 Å². The monoisotopic (exact) mass is 368 g/mol. The average molecular weight is 369 g/mol. The van der Waals surface area contributed by atoms with Gasteiger partial charge in [-0.1, -0.05) is 34.1 Å². The van der Waals surface area contributed by atoms with Gasteiger partial charge in [-0.15, -0.1) is 0 Å². The highest BCUT2D eigenvalue weighted by molar-refractivity contribution is 9.10. The number of nitrogens with two attached hydrogens (primary N) is 1. The fourth-order valence-corrected chi connectivity index (χ4v) is 2.93. The molecule has 0 bridgehead atoms. The third-order valence-corrected chi connectivity index (χ3v) is 4.73. The van der Waals surface area contributed by atoms with Crippen molar-refractivity contribution in [3.63, 3.8) is 0 Å². The highest BCUT2D eigenvalue weighted by Crippen LogP contribution is 2.18. The molecule has 0 saturated heterocycles. The van der Waals surface area contributed by atoms with Crippen molar-refractivity contribution in [2.24, 2.45) is 0 Å². The Morgan fingerprint density at radius 3 is 2.33 bits per heavy atom. The third-order valence-electron chi connectivity index (χ3n) is 3.10. The van der Waals surface area contributed by atoms with E-state index in [1.165, 1.54) is 6.26 Å². The molecule has 2 aromatic rings. The molecule has 0 aliphatic heterocycles. The zero-order chi connectivity index (χ0) is 15.5. The zero-order valence-electron chi connectivity index (χ0n) is 11.6. The first-order valence-corrected chi connectivity index (χ1v) is 9.08. The Labute approximate surface area is 133 Å². The average Bonchev–Trinajstić information content (AvgIpc) is 2.41. The number of anilines is 1. The summed E-state index contributed by atoms with van der Waals surface area (Å²) < 4.78 is 23.7. The molecular formula is C15H17BrN2O2S. The summed E-state index contributed by atoms with van der Waals surface area (Å²) in [6.07, 6.45) is 1.20. The minimum Gasteiger partial charge on any atom is -0.398 e. The fourth-order valence-electron chi connectivity index (χ4n) is 1.92. The van der Waals surface area contributed by atoms with E-state index in [0.29, 0.717) is 18.0 Å². The highest BCUT2D eigenvalue weighted by Gasteiger charge is 2.06. The van der Waals surface area contributed by atoms with Crippen LogP contribution in [0.1, 0.15) is 11.1 Å². The van der Waals surface area contributed by atoms with E-state index in [1.54, 1.807) is 12.1 Å². The molecule has 0 amide bonds. The SMILES string of the molecule is CS(=O)(=O)c1ccc(CNCc2ccc(Br)cc2N)cc1. The Morgan fingerprint density at radius 1 is 1.10 bits per heavy atom. The van der Waals surface area contributed by atoms with Gasteiger partial charge in [-0.3, -0.25) is 0 Å². The van der Waals surface area contributed by atoms with Gasteiger partial charge in [0.1, 0.15) is 0 Å². The second kappa shape index (κ2) is 6.60. The predicted octanol–water partition coefficient (Wildman–Crippen LogP) is 2.72. The van der Waals surface area contributed by atoms with Crippen LogP contribution in [0, 0.1) is 0 Å². The molecule has 0 saturated carbocycles. The Morgan fingerprint density at radius 2 is 1.76 bits per heavy atom. The molecule has 0 aliphatic carbocycles. The summed E-state index contributed by atoms with van der Waals surface area (Å²) in [6.45, 7) is 1.31. The highest BCUT2D eigenvalue weighted by atomic mass is 79.9. The summed E-state index contributed by atoms with van der Waals surface area (Å²) in [5, 5.41) is 3.29. The van der Waals surface area contributed by atoms with Crippen molar-refractivity contribution < 1.29 is 8.42 Å². The molecule has 6 heteroatoms. The lowest BCUT2D eigenvalue weighted by atomic mass is 10.1. The lowest BCUT2D eigenvalue weighted by molar-refractivity contribution is 0.602. The zero-order valence-corrected chi connectivity index (χ0v) is 14.0. The molecule has 0 aromatic heterocycles. The first kappa shape index (κ1) is 16.0. The first-order valence-electron chi connectivity index (χ1n) is 6.40. The molecule has 3 N–H and O–H groups in total. The topological polar surface area (TPSA) is 72.2 Å². The number of halogens is 1. The van der Waals surface area contributed by atoms with Crippen LogP contribution in [0.25, 0.3) is 0 Å². The van der Waals surface area contributed by atoms with Gasteiger partial charge in [-0.2, -0.15) is 0 Å². The van der Waals surface area contributed by atoms with Crippen molar-refractivity contribution in [2.45, 2.75) is 18.0 Å². The van der Waals surface area contributed by atoms with Crippen LogP contribution in [-0.4, -0.2) is 14.7 Å². The summed E-state index contributed by atoms with van der Waals surface area (Å²) >= 11 is 3.37. The quantitative estimate of drug-likeness (QED) is 0.795. The van der Waals surface area contributed by atoms with Crippen LogP contribution in [-0.2, 0) is 22.9 Å². The summed E-state index contributed by atoms with van der Waals surface area (Å²) in [5.74, 6) is 0. The van der Waals surface area contributed by atoms with Crippen LogP contribution in [0.2, 0.25) is 0 Å². The second-order valence-corrected chi connectivity index (χ2v) is 7.79. The van der Waals surface area contributed by atoms with E-state index >= 15 is 0 Å². The van der Waals surface area contributed by atoms with Gasteiger partial charge >= 0.3 is 0 Å². The van der Waals surface area contributed by atoms with Gasteiger partial charge in [0.25, 0.3) is 0 Å². The molecular weight excluding hydrogens is 352 g/mol. The summed E-state index contributed by atoms with van der Waals surface area (Å²) in [6, 6.07) is 12.7. The maximum atomic E-state index is 11.4. The van der Waals surface area contributed by atoms with Gasteiger partial charge in [0.15, 0.2) is 9.84 Å². The summed E-state index contributed by atoms with van der Waals surface area (Å²) in [7, 11) is -3.13. The molecule has 0 atom stereocenters. The van der Waals surface area contributed by atoms with Gasteiger partial charge in [0.2, 0.25) is 0 Å². The Hall–Kier alpha value is -1.37. The normalized spacial score (nSPS) is 11.5. The smallest absolute Gasteiger partial charge is 0.175 e. The Bertz CT molecular complexity index is 728. The molecule has 0 spiro atoms. The number of hydrogen-bond acceptors (Lipinski definition) is 4. The van der Waals surface area contributed by atoms with Crippen molar-refractivity contribution in [3.05, 3.63) is 58.1 Å². The maximum Gasteiger partial charge on any atom is 0.175 e. The van der Waals surface area contributed by atoms with Gasteiger partial charge in [-0.25, -0.2) is 8.42 Å². The molecule has 0 fully saturated rings. The third kappa shape index (κ3) is 4.56. The number of benzene rings is 2. The number of rotatable bonds is 5. The van der Waals surface area contributed by atoms with Crippen LogP contribution in [0.15, 0.2) is 51.8 Å². The van der Waals surface area contributed by atoms with Crippen LogP contribution < -0.4 is 11.1 Å². The fraction of sp³-hybridized carbons (Fsp3) is 0.200. The van der Waals surface area contributed by atoms with E-state index in [0.717, 1.165) is 21.3 Å². The van der Waals surface area contributed by atoms with Gasteiger partial charge < -0.3 is 11.1 Å². The number of hydrogen-bond donors (Lipinski definition) is 2. The van der Waals surface area contributed by atoms with Crippen LogP contribution in [0.3, 0.4) is 0 Å². The van der Waals surface area contributed by atoms with E-state index in [4.69, 9.17) is 5.73 Å². The van der Waals surface area contributed by atoms with E-state index < -0.39 is 9.84 Å². The second-order valence-electron chi connectivity index (χ2n) is 4.86. The van der Waals surface area contributed by atoms with Crippen molar-refractivity contribution in [1.82, 2.24) is 5.32 Å². The van der Waals surface area contributed by atoms with E-state index in [2.05, 4.69) is 21.2 Å². The molecule has 0 radical (unpaired) electrons. The standard InChI is InChI=1S/C15H17BrN2O2S/c1-21(19,20)14-6-2-11(3-7-14)9-18-10-12-4-5-13(16)8-15(12)17/h2-8,18H,9-10,17H2,1H3. The molecule has 0 unspecified atom stereocenters. The van der Waals surface area contributed by atoms with Crippen molar-refractivity contribution >= 4 is 31.5 Å². The molecule has 21 heavy (non-hydrogen) atoms. The number of sulfone groups is 1. The van der Waals surface area contributed by atoms with Crippen LogP contribution in [0.4, 0.5) is 5.69 Å². The molecule has 0 aliphatic rings. The van der Waals surface area contributed by atoms with E-state index in [-0.39, 0.29) is 0 Å². The Kier molecular flexibility index (Phi) is 5.03. The van der Waals surface area contributed by atoms with Crippen molar-refractivity contribution in [2.75, 3.05) is 12.0 Å². The lowest BCUT2D eigenvalue weighted by Gasteiger charge is -2.08. The molecule has 2 aromatic carbocycles. The maximum absolute atomic E-state index is 11.4. The minimum atomic E-state index is -3.13. The predicted molar refractivity (Wildman–Crippen MR) is 88.6 cm³/mol. The van der Waals surface area contributed by atoms with E-state index in [1.807, 2.05) is 30.3 Å². The Balaban J connectivity index is 1.94. The van der Waals surface area contributed by atoms with Crippen LogP contribution >= 0.6 is 15.9 Å². The first-order chi connectivity index (χ1) is 9.86. The van der Waals surface area contributed by atoms with Gasteiger partial charge in [-0.05, 0) is 35.4 Å². The lowest BCUT2D eigenvalue weighted by Crippen LogP contribution is -2.14. The molecule has 2 rings (SSSR count). The number of nitrogens with one attached hydrogen (secondary N) is 1. The summed E-state index contributed by atoms with van der Waals surface area (Å²) in [5.41, 5.74) is 8.73.